The van der Waals surface area contributed by atoms with Crippen LogP contribution in [0.3, 0.4) is 0 Å². The van der Waals surface area contributed by atoms with Crippen LogP contribution in [0.1, 0.15) is 24.7 Å². The molecule has 116 valence electrons. The molecule has 0 saturated carbocycles. The highest BCUT2D eigenvalue weighted by Crippen LogP contribution is 2.32. The molecule has 0 aromatic carbocycles. The first-order chi connectivity index (χ1) is 10.8. The van der Waals surface area contributed by atoms with Gasteiger partial charge in [-0.05, 0) is 25.0 Å². The minimum atomic E-state index is -0.492. The molecule has 7 nitrogen and oxygen atoms in total. The molecule has 2 aliphatic rings. The molecule has 4 rings (SSSR count). The Morgan fingerprint density at radius 2 is 2.23 bits per heavy atom. The third kappa shape index (κ3) is 2.26. The lowest BCUT2D eigenvalue weighted by atomic mass is 10.2. The largest absolute Gasteiger partial charge is 0.376 e. The average Bonchev–Trinajstić information content (AvgIpc) is 3.21. The second-order valence-corrected chi connectivity index (χ2v) is 5.61. The van der Waals surface area contributed by atoms with E-state index in [0.29, 0.717) is 19.8 Å². The minimum Gasteiger partial charge on any atom is -0.376 e. The van der Waals surface area contributed by atoms with Gasteiger partial charge in [-0.2, -0.15) is 0 Å². The maximum atomic E-state index is 12.7. The molecule has 2 saturated heterocycles. The molecule has 0 bridgehead atoms. The molecule has 7 heteroatoms. The first-order valence-corrected chi connectivity index (χ1v) is 7.64. The van der Waals surface area contributed by atoms with Gasteiger partial charge in [0.2, 0.25) is 0 Å². The predicted octanol–water partition coefficient (Wildman–Crippen LogP) is 0.808. The van der Waals surface area contributed by atoms with Gasteiger partial charge in [-0.3, -0.25) is 9.20 Å². The molecule has 2 aromatic rings. The van der Waals surface area contributed by atoms with Gasteiger partial charge in [0, 0.05) is 12.7 Å². The van der Waals surface area contributed by atoms with Gasteiger partial charge in [-0.25, -0.2) is 0 Å². The van der Waals surface area contributed by atoms with Crippen LogP contribution in [0.4, 0.5) is 0 Å². The fourth-order valence-corrected chi connectivity index (χ4v) is 3.20. The van der Waals surface area contributed by atoms with Crippen LogP contribution >= 0.6 is 0 Å². The molecule has 2 aliphatic heterocycles. The third-order valence-electron chi connectivity index (χ3n) is 4.27. The Balaban J connectivity index is 1.62. The lowest BCUT2D eigenvalue weighted by Crippen LogP contribution is -2.45. The number of amides is 1. The first kappa shape index (κ1) is 13.7. The lowest BCUT2D eigenvalue weighted by Gasteiger charge is -2.29. The molecule has 4 heterocycles. The number of aromatic nitrogens is 3. The molecule has 2 aromatic heterocycles. The predicted molar refractivity (Wildman–Crippen MR) is 77.2 cm³/mol. The van der Waals surface area contributed by atoms with Crippen LogP contribution in [0, 0.1) is 0 Å². The molecule has 0 unspecified atom stereocenters. The number of carbonyl (C=O) groups excluding carboxylic acids is 1. The van der Waals surface area contributed by atoms with Crippen molar-refractivity contribution in [1.82, 2.24) is 19.5 Å². The van der Waals surface area contributed by atoms with E-state index in [2.05, 4.69) is 10.2 Å². The van der Waals surface area contributed by atoms with Gasteiger partial charge in [-0.15, -0.1) is 10.2 Å². The van der Waals surface area contributed by atoms with Crippen molar-refractivity contribution >= 4 is 11.6 Å². The van der Waals surface area contributed by atoms with E-state index in [1.165, 1.54) is 0 Å². The van der Waals surface area contributed by atoms with Crippen LogP contribution in [0.15, 0.2) is 24.4 Å². The summed E-state index contributed by atoms with van der Waals surface area (Å²) in [5.41, 5.74) is 0.800. The van der Waals surface area contributed by atoms with Gasteiger partial charge in [0.15, 0.2) is 17.6 Å². The SMILES string of the molecule is O=C([C@H]1COCCO1)N1CCC[C@@H]1c1nnc2ccccn12. The van der Waals surface area contributed by atoms with Crippen molar-refractivity contribution in [3.8, 4) is 0 Å². The summed E-state index contributed by atoms with van der Waals surface area (Å²) in [6.45, 7) is 2.10. The summed E-state index contributed by atoms with van der Waals surface area (Å²) in [5.74, 6) is 0.813. The van der Waals surface area contributed by atoms with Crippen molar-refractivity contribution in [2.45, 2.75) is 25.0 Å². The Bertz CT molecular complexity index is 680. The number of hydrogen-bond acceptors (Lipinski definition) is 5. The monoisotopic (exact) mass is 302 g/mol. The Kier molecular flexibility index (Phi) is 3.51. The molecule has 0 radical (unpaired) electrons. The van der Waals surface area contributed by atoms with E-state index in [1.807, 2.05) is 33.7 Å². The van der Waals surface area contributed by atoms with Gasteiger partial charge in [-0.1, -0.05) is 6.07 Å². The maximum absolute atomic E-state index is 12.7. The zero-order valence-electron chi connectivity index (χ0n) is 12.2. The molecule has 2 atom stereocenters. The highest BCUT2D eigenvalue weighted by Gasteiger charge is 2.37. The van der Waals surface area contributed by atoms with E-state index >= 15 is 0 Å². The molecular weight excluding hydrogens is 284 g/mol. The van der Waals surface area contributed by atoms with Crippen LogP contribution in [0.5, 0.6) is 0 Å². The number of carbonyl (C=O) groups is 1. The average molecular weight is 302 g/mol. The van der Waals surface area contributed by atoms with E-state index in [0.717, 1.165) is 30.9 Å². The van der Waals surface area contributed by atoms with E-state index in [9.17, 15) is 4.79 Å². The van der Waals surface area contributed by atoms with Crippen LogP contribution in [0.2, 0.25) is 0 Å². The Morgan fingerprint density at radius 1 is 1.27 bits per heavy atom. The van der Waals surface area contributed by atoms with Crippen LogP contribution in [-0.4, -0.2) is 57.9 Å². The molecule has 1 amide bonds. The van der Waals surface area contributed by atoms with Crippen LogP contribution in [-0.2, 0) is 14.3 Å². The summed E-state index contributed by atoms with van der Waals surface area (Å²) in [6, 6.07) is 5.74. The Hall–Kier alpha value is -1.99. The molecule has 22 heavy (non-hydrogen) atoms. The number of likely N-dealkylation sites (tertiary alicyclic amines) is 1. The normalized spacial score (nSPS) is 25.7. The van der Waals surface area contributed by atoms with Crippen molar-refractivity contribution in [2.75, 3.05) is 26.4 Å². The van der Waals surface area contributed by atoms with E-state index in [4.69, 9.17) is 9.47 Å². The smallest absolute Gasteiger partial charge is 0.254 e. The number of nitrogens with zero attached hydrogens (tertiary/aromatic N) is 4. The first-order valence-electron chi connectivity index (χ1n) is 7.64. The van der Waals surface area contributed by atoms with Gasteiger partial charge in [0.05, 0.1) is 25.9 Å². The summed E-state index contributed by atoms with van der Waals surface area (Å²) in [6.07, 6.45) is 3.31. The fourth-order valence-electron chi connectivity index (χ4n) is 3.20. The number of fused-ring (bicyclic) bond motifs is 1. The fraction of sp³-hybridized carbons (Fsp3) is 0.533. The van der Waals surface area contributed by atoms with Crippen molar-refractivity contribution in [1.29, 1.82) is 0 Å². The quantitative estimate of drug-likeness (QED) is 0.821. The van der Waals surface area contributed by atoms with Crippen molar-refractivity contribution in [3.05, 3.63) is 30.2 Å². The summed E-state index contributed by atoms with van der Waals surface area (Å²) < 4.78 is 12.9. The summed E-state index contributed by atoms with van der Waals surface area (Å²) >= 11 is 0. The van der Waals surface area contributed by atoms with Gasteiger partial charge in [0.25, 0.3) is 5.91 Å². The zero-order chi connectivity index (χ0) is 14.9. The van der Waals surface area contributed by atoms with E-state index in [-0.39, 0.29) is 11.9 Å². The van der Waals surface area contributed by atoms with Crippen LogP contribution < -0.4 is 0 Å². The molecule has 0 spiro atoms. The number of ether oxygens (including phenoxy) is 2. The van der Waals surface area contributed by atoms with E-state index < -0.39 is 6.10 Å². The summed E-state index contributed by atoms with van der Waals surface area (Å²) in [7, 11) is 0. The topological polar surface area (TPSA) is 69.0 Å². The molecule has 2 fully saturated rings. The minimum absolute atomic E-state index is 0.00474. The lowest BCUT2D eigenvalue weighted by molar-refractivity contribution is -0.159. The highest BCUT2D eigenvalue weighted by atomic mass is 16.6. The Labute approximate surface area is 127 Å². The van der Waals surface area contributed by atoms with Crippen molar-refractivity contribution < 1.29 is 14.3 Å². The summed E-state index contributed by atoms with van der Waals surface area (Å²) in [5, 5.41) is 8.49. The molecule has 0 aliphatic carbocycles. The maximum Gasteiger partial charge on any atom is 0.254 e. The molecule has 0 N–H and O–H groups in total. The summed E-state index contributed by atoms with van der Waals surface area (Å²) in [4.78, 5) is 14.6. The molecular formula is C15H18N4O3. The third-order valence-corrected chi connectivity index (χ3v) is 4.27. The van der Waals surface area contributed by atoms with Gasteiger partial charge >= 0.3 is 0 Å². The van der Waals surface area contributed by atoms with Gasteiger partial charge in [0.1, 0.15) is 0 Å². The van der Waals surface area contributed by atoms with Crippen molar-refractivity contribution in [2.24, 2.45) is 0 Å². The number of hydrogen-bond donors (Lipinski definition) is 0. The second kappa shape index (κ2) is 5.66. The number of pyridine rings is 1. The van der Waals surface area contributed by atoms with Crippen LogP contribution in [0.25, 0.3) is 5.65 Å². The zero-order valence-corrected chi connectivity index (χ0v) is 12.2. The standard InChI is InChI=1S/C15H18N4O3/c20-15(12-10-21-8-9-22-12)18-7-3-4-11(18)14-17-16-13-5-1-2-6-19(13)14/h1-2,5-6,11-12H,3-4,7-10H2/t11-,12-/m1/s1. The van der Waals surface area contributed by atoms with E-state index in [1.54, 1.807) is 0 Å². The second-order valence-electron chi connectivity index (χ2n) is 5.61. The highest BCUT2D eigenvalue weighted by molar-refractivity contribution is 5.81. The van der Waals surface area contributed by atoms with Gasteiger partial charge < -0.3 is 14.4 Å². The van der Waals surface area contributed by atoms with Crippen molar-refractivity contribution in [3.63, 3.8) is 0 Å². The Morgan fingerprint density at radius 3 is 3.09 bits per heavy atom. The number of rotatable bonds is 2.